The van der Waals surface area contributed by atoms with E-state index in [4.69, 9.17) is 4.74 Å². The summed E-state index contributed by atoms with van der Waals surface area (Å²) in [5.41, 5.74) is 1.97. The van der Waals surface area contributed by atoms with Gasteiger partial charge in [0.15, 0.2) is 0 Å². The number of hydrogen-bond acceptors (Lipinski definition) is 3. The Balaban J connectivity index is 1.57. The number of anilines is 1. The standard InChI is InChI=1S/C23H18N2O3/c26-22-17-10-4-5-11-19(17)24-14-18(22)23(27)25-20-12-6-7-13-21(20)28-15-16-8-2-1-3-9-16/h1-14H,15H2,(H,24,26)(H,25,27). The Morgan fingerprint density at radius 3 is 2.46 bits per heavy atom. The molecule has 0 aliphatic heterocycles. The van der Waals surface area contributed by atoms with E-state index in [1.165, 1.54) is 6.20 Å². The van der Waals surface area contributed by atoms with Gasteiger partial charge in [0.25, 0.3) is 5.91 Å². The Labute approximate surface area is 161 Å². The van der Waals surface area contributed by atoms with Gasteiger partial charge in [0.2, 0.25) is 5.43 Å². The molecule has 1 amide bonds. The molecule has 1 heterocycles. The molecule has 4 aromatic rings. The molecule has 0 aliphatic rings. The van der Waals surface area contributed by atoms with Crippen molar-refractivity contribution >= 4 is 22.5 Å². The average molecular weight is 370 g/mol. The van der Waals surface area contributed by atoms with Gasteiger partial charge in [0.1, 0.15) is 17.9 Å². The molecule has 0 spiro atoms. The van der Waals surface area contributed by atoms with E-state index in [9.17, 15) is 9.59 Å². The smallest absolute Gasteiger partial charge is 0.261 e. The van der Waals surface area contributed by atoms with Crippen LogP contribution in [0.2, 0.25) is 0 Å². The Morgan fingerprint density at radius 1 is 0.893 bits per heavy atom. The van der Waals surface area contributed by atoms with Crippen molar-refractivity contribution in [2.24, 2.45) is 0 Å². The molecule has 0 aliphatic carbocycles. The summed E-state index contributed by atoms with van der Waals surface area (Å²) in [5, 5.41) is 3.26. The molecule has 0 radical (unpaired) electrons. The van der Waals surface area contributed by atoms with Crippen LogP contribution >= 0.6 is 0 Å². The highest BCUT2D eigenvalue weighted by molar-refractivity contribution is 6.06. The molecule has 5 heteroatoms. The zero-order valence-electron chi connectivity index (χ0n) is 15.0. The fourth-order valence-corrected chi connectivity index (χ4v) is 2.96. The molecule has 0 atom stereocenters. The lowest BCUT2D eigenvalue weighted by molar-refractivity contribution is 0.102. The number of fused-ring (bicyclic) bond motifs is 1. The van der Waals surface area contributed by atoms with Crippen LogP contribution in [0.4, 0.5) is 5.69 Å². The lowest BCUT2D eigenvalue weighted by Gasteiger charge is -2.12. The van der Waals surface area contributed by atoms with E-state index >= 15 is 0 Å². The normalized spacial score (nSPS) is 10.6. The number of carbonyl (C=O) groups excluding carboxylic acids is 1. The van der Waals surface area contributed by atoms with Crippen LogP contribution in [0.1, 0.15) is 15.9 Å². The number of hydrogen-bond donors (Lipinski definition) is 2. The highest BCUT2D eigenvalue weighted by Crippen LogP contribution is 2.25. The minimum atomic E-state index is -0.484. The van der Waals surface area contributed by atoms with Crippen molar-refractivity contribution in [2.75, 3.05) is 5.32 Å². The number of aromatic nitrogens is 1. The highest BCUT2D eigenvalue weighted by atomic mass is 16.5. The molecule has 0 saturated heterocycles. The van der Waals surface area contributed by atoms with Crippen LogP contribution in [0.15, 0.2) is 89.9 Å². The summed E-state index contributed by atoms with van der Waals surface area (Å²) in [6.07, 6.45) is 1.44. The van der Waals surface area contributed by atoms with E-state index in [0.29, 0.717) is 28.9 Å². The number of aromatic amines is 1. The number of nitrogens with one attached hydrogen (secondary N) is 2. The van der Waals surface area contributed by atoms with Crippen molar-refractivity contribution in [3.05, 3.63) is 106 Å². The third-order valence-corrected chi connectivity index (χ3v) is 4.41. The van der Waals surface area contributed by atoms with Gasteiger partial charge in [-0.25, -0.2) is 0 Å². The van der Waals surface area contributed by atoms with Crippen LogP contribution in [0.3, 0.4) is 0 Å². The number of ether oxygens (including phenoxy) is 1. The third-order valence-electron chi connectivity index (χ3n) is 4.41. The lowest BCUT2D eigenvalue weighted by Crippen LogP contribution is -2.22. The first-order valence-corrected chi connectivity index (χ1v) is 8.90. The van der Waals surface area contributed by atoms with Crippen LogP contribution in [-0.4, -0.2) is 10.9 Å². The van der Waals surface area contributed by atoms with E-state index in [-0.39, 0.29) is 11.0 Å². The van der Waals surface area contributed by atoms with Crippen molar-refractivity contribution in [2.45, 2.75) is 6.61 Å². The summed E-state index contributed by atoms with van der Waals surface area (Å²) in [4.78, 5) is 28.4. The van der Waals surface area contributed by atoms with Crippen molar-refractivity contribution in [3.63, 3.8) is 0 Å². The SMILES string of the molecule is O=C(Nc1ccccc1OCc1ccccc1)c1c[nH]c2ccccc2c1=O. The highest BCUT2D eigenvalue weighted by Gasteiger charge is 2.15. The molecule has 28 heavy (non-hydrogen) atoms. The summed E-state index contributed by atoms with van der Waals surface area (Å²) in [6.45, 7) is 0.379. The average Bonchev–Trinajstić information content (AvgIpc) is 2.74. The maximum Gasteiger partial charge on any atom is 0.261 e. The van der Waals surface area contributed by atoms with Gasteiger partial charge in [-0.05, 0) is 29.8 Å². The minimum absolute atomic E-state index is 0.0524. The van der Waals surface area contributed by atoms with Gasteiger partial charge in [-0.1, -0.05) is 54.6 Å². The second-order valence-electron chi connectivity index (χ2n) is 6.30. The molecule has 5 nitrogen and oxygen atoms in total. The zero-order valence-corrected chi connectivity index (χ0v) is 15.0. The molecular weight excluding hydrogens is 352 g/mol. The van der Waals surface area contributed by atoms with Gasteiger partial charge in [0, 0.05) is 17.1 Å². The Morgan fingerprint density at radius 2 is 1.61 bits per heavy atom. The van der Waals surface area contributed by atoms with Gasteiger partial charge >= 0.3 is 0 Å². The number of benzene rings is 3. The molecule has 3 aromatic carbocycles. The van der Waals surface area contributed by atoms with E-state index < -0.39 is 5.91 Å². The first-order chi connectivity index (χ1) is 13.7. The first-order valence-electron chi connectivity index (χ1n) is 8.90. The first kappa shape index (κ1) is 17.5. The maximum absolute atomic E-state index is 12.7. The molecule has 138 valence electrons. The summed E-state index contributed by atoms with van der Waals surface area (Å²) in [7, 11) is 0. The van der Waals surface area contributed by atoms with Crippen LogP contribution in [0, 0.1) is 0 Å². The van der Waals surface area contributed by atoms with E-state index in [2.05, 4.69) is 10.3 Å². The predicted octanol–water partition coefficient (Wildman–Crippen LogP) is 4.36. The van der Waals surface area contributed by atoms with Crippen LogP contribution < -0.4 is 15.5 Å². The Kier molecular flexibility index (Phi) is 4.89. The maximum atomic E-state index is 12.7. The number of pyridine rings is 1. The fourth-order valence-electron chi connectivity index (χ4n) is 2.96. The van der Waals surface area contributed by atoms with Crippen LogP contribution in [-0.2, 0) is 6.61 Å². The number of H-pyrrole nitrogens is 1. The van der Waals surface area contributed by atoms with Crippen LogP contribution in [0.25, 0.3) is 10.9 Å². The second-order valence-corrected chi connectivity index (χ2v) is 6.30. The van der Waals surface area contributed by atoms with Crippen LogP contribution in [0.5, 0.6) is 5.75 Å². The summed E-state index contributed by atoms with van der Waals surface area (Å²) >= 11 is 0. The molecule has 0 fully saturated rings. The number of amides is 1. The summed E-state index contributed by atoms with van der Waals surface area (Å²) in [5.74, 6) is 0.0553. The fraction of sp³-hybridized carbons (Fsp3) is 0.0435. The Hall–Kier alpha value is -3.86. The topological polar surface area (TPSA) is 71.2 Å². The molecule has 4 rings (SSSR count). The second kappa shape index (κ2) is 7.80. The minimum Gasteiger partial charge on any atom is -0.487 e. The van der Waals surface area contributed by atoms with E-state index in [1.807, 2.05) is 42.5 Å². The van der Waals surface area contributed by atoms with Crippen molar-refractivity contribution in [1.29, 1.82) is 0 Å². The molecule has 0 saturated carbocycles. The third kappa shape index (κ3) is 3.64. The van der Waals surface area contributed by atoms with Gasteiger partial charge < -0.3 is 15.0 Å². The molecule has 0 bridgehead atoms. The van der Waals surface area contributed by atoms with Gasteiger partial charge in [-0.2, -0.15) is 0 Å². The van der Waals surface area contributed by atoms with Crippen molar-refractivity contribution < 1.29 is 9.53 Å². The Bertz CT molecular complexity index is 1180. The van der Waals surface area contributed by atoms with Gasteiger partial charge in [0.05, 0.1) is 5.69 Å². The molecule has 0 unspecified atom stereocenters. The van der Waals surface area contributed by atoms with Crippen molar-refractivity contribution in [3.8, 4) is 5.75 Å². The molecule has 1 aromatic heterocycles. The summed E-state index contributed by atoms with van der Waals surface area (Å²) in [6, 6.07) is 24.0. The number of para-hydroxylation sites is 3. The monoisotopic (exact) mass is 370 g/mol. The van der Waals surface area contributed by atoms with Gasteiger partial charge in [-0.15, -0.1) is 0 Å². The largest absolute Gasteiger partial charge is 0.487 e. The van der Waals surface area contributed by atoms with E-state index in [0.717, 1.165) is 5.56 Å². The number of carbonyl (C=O) groups is 1. The van der Waals surface area contributed by atoms with E-state index in [1.54, 1.807) is 36.4 Å². The predicted molar refractivity (Wildman–Crippen MR) is 110 cm³/mol. The molecular formula is C23H18N2O3. The molecule has 2 N–H and O–H groups in total. The lowest BCUT2D eigenvalue weighted by atomic mass is 10.1. The number of rotatable bonds is 5. The van der Waals surface area contributed by atoms with Gasteiger partial charge in [-0.3, -0.25) is 9.59 Å². The zero-order chi connectivity index (χ0) is 19.3. The quantitative estimate of drug-likeness (QED) is 0.548. The summed E-state index contributed by atoms with van der Waals surface area (Å²) < 4.78 is 5.86. The van der Waals surface area contributed by atoms with Crippen molar-refractivity contribution in [1.82, 2.24) is 4.98 Å².